The lowest BCUT2D eigenvalue weighted by Crippen LogP contribution is -2.49. The minimum atomic E-state index is -0.606. The van der Waals surface area contributed by atoms with Crippen molar-refractivity contribution in [2.75, 3.05) is 20.8 Å². The van der Waals surface area contributed by atoms with Gasteiger partial charge in [0.15, 0.2) is 11.5 Å². The number of fused-ring (bicyclic) bond motifs is 1. The number of benzene rings is 1. The molecule has 1 aromatic carbocycles. The molecule has 0 aromatic heterocycles. The van der Waals surface area contributed by atoms with Gasteiger partial charge in [-0.3, -0.25) is 0 Å². The number of hydrogen-bond acceptors (Lipinski definition) is 6. The first-order valence-electron chi connectivity index (χ1n) is 10.5. The summed E-state index contributed by atoms with van der Waals surface area (Å²) in [4.78, 5) is 11.9. The number of carbonyl (C=O) groups excluding carboxylic acids is 1. The predicted molar refractivity (Wildman–Crippen MR) is 126 cm³/mol. The van der Waals surface area contributed by atoms with Gasteiger partial charge in [0.05, 0.1) is 31.7 Å². The molecule has 1 atom stereocenters. The van der Waals surface area contributed by atoms with E-state index in [1.54, 1.807) is 6.08 Å². The van der Waals surface area contributed by atoms with Crippen LogP contribution in [-0.2, 0) is 19.0 Å². The molecule has 0 bridgehead atoms. The molecule has 2 rings (SSSR count). The van der Waals surface area contributed by atoms with E-state index in [9.17, 15) is 4.79 Å². The zero-order chi connectivity index (χ0) is 23.9. The van der Waals surface area contributed by atoms with Crippen molar-refractivity contribution in [3.05, 3.63) is 66.0 Å². The van der Waals surface area contributed by atoms with Crippen LogP contribution in [0.2, 0.25) is 0 Å². The Morgan fingerprint density at radius 3 is 2.59 bits per heavy atom. The van der Waals surface area contributed by atoms with Gasteiger partial charge in [0.1, 0.15) is 18.3 Å². The van der Waals surface area contributed by atoms with Crippen LogP contribution in [0.15, 0.2) is 60.4 Å². The minimum absolute atomic E-state index is 0.281. The van der Waals surface area contributed by atoms with E-state index in [0.717, 1.165) is 11.1 Å². The van der Waals surface area contributed by atoms with E-state index in [1.165, 1.54) is 20.5 Å². The zero-order valence-corrected chi connectivity index (χ0v) is 20.1. The molecule has 0 saturated heterocycles. The van der Waals surface area contributed by atoms with Gasteiger partial charge in [0.2, 0.25) is 0 Å². The predicted octanol–water partition coefficient (Wildman–Crippen LogP) is 5.25. The third-order valence-corrected chi connectivity index (χ3v) is 5.14. The highest BCUT2D eigenvalue weighted by Crippen LogP contribution is 2.37. The van der Waals surface area contributed by atoms with Crippen LogP contribution in [0.1, 0.15) is 40.2 Å². The molecule has 0 aliphatic carbocycles. The molecule has 6 heteroatoms. The van der Waals surface area contributed by atoms with E-state index >= 15 is 0 Å². The van der Waals surface area contributed by atoms with Gasteiger partial charge in [-0.15, -0.1) is 6.58 Å². The van der Waals surface area contributed by atoms with Crippen LogP contribution in [0.4, 0.5) is 0 Å². The third-order valence-electron chi connectivity index (χ3n) is 5.14. The van der Waals surface area contributed by atoms with Crippen molar-refractivity contribution in [3.63, 3.8) is 0 Å². The molecule has 1 aromatic rings. The second kappa shape index (κ2) is 10.6. The summed E-state index contributed by atoms with van der Waals surface area (Å²) in [6.45, 7) is 13.9. The molecule has 0 unspecified atom stereocenters. The maximum absolute atomic E-state index is 11.9. The molecule has 174 valence electrons. The number of allylic oxidation sites excluding steroid dienone is 2. The highest BCUT2D eigenvalue weighted by molar-refractivity contribution is 5.93. The molecule has 0 amide bonds. The Kier molecular flexibility index (Phi) is 8.33. The van der Waals surface area contributed by atoms with Crippen LogP contribution in [0, 0.1) is 0 Å². The lowest BCUT2D eigenvalue weighted by molar-refractivity contribution is -0.135. The fraction of sp³-hybridized carbons (Fsp3) is 0.423. The first kappa shape index (κ1) is 25.3. The van der Waals surface area contributed by atoms with Crippen molar-refractivity contribution in [2.45, 2.75) is 51.9 Å². The molecule has 1 aliphatic heterocycles. The van der Waals surface area contributed by atoms with Crippen molar-refractivity contribution < 1.29 is 28.5 Å². The molecule has 32 heavy (non-hydrogen) atoms. The lowest BCUT2D eigenvalue weighted by atomic mass is 10.0. The van der Waals surface area contributed by atoms with Gasteiger partial charge < -0.3 is 23.7 Å². The Hall–Kier alpha value is -2.99. The Balaban J connectivity index is 2.22. The summed E-state index contributed by atoms with van der Waals surface area (Å²) in [5.74, 6) is 0.860. The Bertz CT molecular complexity index is 920. The van der Waals surface area contributed by atoms with E-state index in [1.807, 2.05) is 71.0 Å². The molecular weight excluding hydrogens is 408 g/mol. The van der Waals surface area contributed by atoms with Crippen LogP contribution < -0.4 is 9.47 Å². The molecular formula is C26H34O6. The molecule has 0 fully saturated rings. The summed E-state index contributed by atoms with van der Waals surface area (Å²) in [7, 11) is 2.82. The summed E-state index contributed by atoms with van der Waals surface area (Å²) in [6, 6.07) is 5.74. The van der Waals surface area contributed by atoms with Crippen LogP contribution in [0.25, 0.3) is 6.08 Å². The lowest BCUT2D eigenvalue weighted by Gasteiger charge is -2.36. The first-order chi connectivity index (χ1) is 15.0. The van der Waals surface area contributed by atoms with E-state index in [4.69, 9.17) is 23.7 Å². The molecule has 0 saturated carbocycles. The van der Waals surface area contributed by atoms with Crippen LogP contribution in [-0.4, -0.2) is 44.1 Å². The highest BCUT2D eigenvalue weighted by atomic mass is 16.6. The summed E-state index contributed by atoms with van der Waals surface area (Å²) >= 11 is 0. The Morgan fingerprint density at radius 2 is 1.97 bits per heavy atom. The third kappa shape index (κ3) is 6.50. The van der Waals surface area contributed by atoms with Crippen LogP contribution in [0.3, 0.4) is 0 Å². The number of hydrogen-bond donors (Lipinski definition) is 0. The topological polar surface area (TPSA) is 63.2 Å². The fourth-order valence-electron chi connectivity index (χ4n) is 3.06. The molecule has 1 heterocycles. The number of ether oxygens (including phenoxy) is 5. The quantitative estimate of drug-likeness (QED) is 0.180. The zero-order valence-electron chi connectivity index (χ0n) is 20.1. The van der Waals surface area contributed by atoms with E-state index in [-0.39, 0.29) is 6.10 Å². The van der Waals surface area contributed by atoms with Gasteiger partial charge in [0.25, 0.3) is 0 Å². The summed E-state index contributed by atoms with van der Waals surface area (Å²) < 4.78 is 28.3. The number of rotatable bonds is 8. The van der Waals surface area contributed by atoms with E-state index in [0.29, 0.717) is 23.7 Å². The Morgan fingerprint density at radius 1 is 1.25 bits per heavy atom. The maximum Gasteiger partial charge on any atom is 0.341 e. The summed E-state index contributed by atoms with van der Waals surface area (Å²) in [5, 5.41) is 0. The maximum atomic E-state index is 11.9. The smallest absolute Gasteiger partial charge is 0.341 e. The van der Waals surface area contributed by atoms with Crippen molar-refractivity contribution in [1.29, 1.82) is 0 Å². The number of esters is 1. The average Bonchev–Trinajstić information content (AvgIpc) is 2.86. The molecule has 6 nitrogen and oxygen atoms in total. The SMILES string of the molecule is C=CC(C)(C)O[C@H]1COc2ccc(/C=C/C=C(C)\C(=C/OC)C(=O)OC)cc2OC1(C)C. The highest BCUT2D eigenvalue weighted by Gasteiger charge is 2.39. The molecule has 0 spiro atoms. The second-order valence-electron chi connectivity index (χ2n) is 8.60. The molecule has 0 radical (unpaired) electrons. The second-order valence-corrected chi connectivity index (χ2v) is 8.60. The van der Waals surface area contributed by atoms with E-state index in [2.05, 4.69) is 6.58 Å². The van der Waals surface area contributed by atoms with Gasteiger partial charge in [-0.2, -0.15) is 0 Å². The molecule has 1 aliphatic rings. The van der Waals surface area contributed by atoms with Crippen molar-refractivity contribution in [1.82, 2.24) is 0 Å². The Labute approximate surface area is 191 Å². The van der Waals surface area contributed by atoms with Crippen LogP contribution in [0.5, 0.6) is 11.5 Å². The first-order valence-corrected chi connectivity index (χ1v) is 10.5. The minimum Gasteiger partial charge on any atom is -0.503 e. The standard InChI is InChI=1S/C26H34O6/c1-9-25(3,4)32-23-17-30-21-14-13-19(15-22(21)31-26(23,5)6)12-10-11-18(2)20(16-28-7)24(27)29-8/h9-16,23H,1,17H2,2-8H3/b12-10+,18-11-,20-16+/t23-/m0/s1. The number of methoxy groups -OCH3 is 2. The van der Waals surface area contributed by atoms with Crippen molar-refractivity contribution in [2.24, 2.45) is 0 Å². The van der Waals surface area contributed by atoms with E-state index < -0.39 is 17.2 Å². The summed E-state index contributed by atoms with van der Waals surface area (Å²) in [5.41, 5.74) is 0.894. The summed E-state index contributed by atoms with van der Waals surface area (Å²) in [6.07, 6.45) is 8.44. The van der Waals surface area contributed by atoms with Gasteiger partial charge >= 0.3 is 5.97 Å². The van der Waals surface area contributed by atoms with Gasteiger partial charge in [0, 0.05) is 0 Å². The van der Waals surface area contributed by atoms with Gasteiger partial charge in [-0.05, 0) is 57.9 Å². The van der Waals surface area contributed by atoms with Gasteiger partial charge in [-0.1, -0.05) is 30.4 Å². The fourth-order valence-corrected chi connectivity index (χ4v) is 3.06. The number of carbonyl (C=O) groups is 1. The monoisotopic (exact) mass is 442 g/mol. The van der Waals surface area contributed by atoms with Crippen molar-refractivity contribution in [3.8, 4) is 11.5 Å². The average molecular weight is 443 g/mol. The largest absolute Gasteiger partial charge is 0.503 e. The van der Waals surface area contributed by atoms with Crippen LogP contribution >= 0.6 is 0 Å². The van der Waals surface area contributed by atoms with Crippen molar-refractivity contribution >= 4 is 12.0 Å². The molecule has 0 N–H and O–H groups in total. The van der Waals surface area contributed by atoms with Gasteiger partial charge in [-0.25, -0.2) is 4.79 Å². The normalized spacial score (nSPS) is 18.8.